The maximum atomic E-state index is 12.9. The molecule has 1 amide bonds. The van der Waals surface area contributed by atoms with Gasteiger partial charge < -0.3 is 5.32 Å². The second-order valence-corrected chi connectivity index (χ2v) is 9.39. The van der Waals surface area contributed by atoms with Gasteiger partial charge in [-0.2, -0.15) is 4.72 Å². The summed E-state index contributed by atoms with van der Waals surface area (Å²) >= 11 is 0. The van der Waals surface area contributed by atoms with E-state index in [1.165, 1.54) is 6.42 Å². The van der Waals surface area contributed by atoms with Crippen molar-refractivity contribution in [1.82, 2.24) is 10.0 Å². The number of carbonyl (C=O) groups is 1. The molecule has 2 N–H and O–H groups in total. The van der Waals surface area contributed by atoms with Gasteiger partial charge in [0.05, 0.1) is 4.90 Å². The molecule has 146 valence electrons. The first kappa shape index (κ1) is 20.9. The number of aryl methyl sites for hydroxylation is 1. The van der Waals surface area contributed by atoms with Crippen molar-refractivity contribution in [1.29, 1.82) is 0 Å². The molecule has 6 heteroatoms. The number of amides is 1. The van der Waals surface area contributed by atoms with E-state index in [1.54, 1.807) is 24.3 Å². The van der Waals surface area contributed by atoms with Crippen LogP contribution in [0, 0.1) is 18.8 Å². The van der Waals surface area contributed by atoms with Gasteiger partial charge in [0.1, 0.15) is 6.04 Å². The Hall–Kier alpha value is -1.40. The first-order valence-corrected chi connectivity index (χ1v) is 11.1. The zero-order valence-corrected chi connectivity index (χ0v) is 17.1. The van der Waals surface area contributed by atoms with Gasteiger partial charge in [-0.15, -0.1) is 0 Å². The summed E-state index contributed by atoms with van der Waals surface area (Å²) in [6.07, 6.45) is 5.09. The Labute approximate surface area is 158 Å². The fraction of sp³-hybridized carbons (Fsp3) is 0.650. The SMILES string of the molecule is CC[C@H](C)[C@H](NS(=O)(=O)c1ccc(C)cc1)C(=O)N[C@H]1CCCC[C@H]1C. The molecule has 1 saturated carbocycles. The van der Waals surface area contributed by atoms with Crippen molar-refractivity contribution in [2.24, 2.45) is 11.8 Å². The third kappa shape index (κ3) is 5.30. The summed E-state index contributed by atoms with van der Waals surface area (Å²) in [5.41, 5.74) is 0.992. The highest BCUT2D eigenvalue weighted by atomic mass is 32.2. The maximum absolute atomic E-state index is 12.9. The molecule has 0 heterocycles. The minimum Gasteiger partial charge on any atom is -0.352 e. The fourth-order valence-electron chi connectivity index (χ4n) is 3.42. The second-order valence-electron chi connectivity index (χ2n) is 7.67. The number of rotatable bonds is 7. The minimum atomic E-state index is -3.74. The largest absolute Gasteiger partial charge is 0.352 e. The van der Waals surface area contributed by atoms with E-state index in [4.69, 9.17) is 0 Å². The molecule has 0 radical (unpaired) electrons. The Morgan fingerprint density at radius 2 is 1.81 bits per heavy atom. The van der Waals surface area contributed by atoms with Crippen LogP contribution in [0.2, 0.25) is 0 Å². The summed E-state index contributed by atoms with van der Waals surface area (Å²) in [4.78, 5) is 13.1. The van der Waals surface area contributed by atoms with Gasteiger partial charge in [-0.3, -0.25) is 4.79 Å². The number of hydrogen-bond acceptors (Lipinski definition) is 3. The number of sulfonamides is 1. The Kier molecular flexibility index (Phi) is 7.24. The molecule has 1 aromatic carbocycles. The van der Waals surface area contributed by atoms with Crippen molar-refractivity contribution in [3.8, 4) is 0 Å². The summed E-state index contributed by atoms with van der Waals surface area (Å²) in [5.74, 6) is 0.127. The average molecular weight is 381 g/mol. The van der Waals surface area contributed by atoms with Gasteiger partial charge in [0.15, 0.2) is 0 Å². The Morgan fingerprint density at radius 3 is 2.38 bits per heavy atom. The zero-order valence-electron chi connectivity index (χ0n) is 16.3. The monoisotopic (exact) mass is 380 g/mol. The molecule has 1 fully saturated rings. The van der Waals surface area contributed by atoms with Gasteiger partial charge in [0, 0.05) is 6.04 Å². The minimum absolute atomic E-state index is 0.0888. The number of benzene rings is 1. The lowest BCUT2D eigenvalue weighted by atomic mass is 9.85. The lowest BCUT2D eigenvalue weighted by Crippen LogP contribution is -2.53. The van der Waals surface area contributed by atoms with Crippen molar-refractivity contribution in [3.05, 3.63) is 29.8 Å². The van der Waals surface area contributed by atoms with E-state index in [-0.39, 0.29) is 22.8 Å². The van der Waals surface area contributed by atoms with Crippen LogP contribution >= 0.6 is 0 Å². The van der Waals surface area contributed by atoms with Gasteiger partial charge in [0.2, 0.25) is 15.9 Å². The molecule has 0 saturated heterocycles. The molecule has 2 rings (SSSR count). The normalized spacial score (nSPS) is 23.2. The number of hydrogen-bond donors (Lipinski definition) is 2. The summed E-state index contributed by atoms with van der Waals surface area (Å²) in [6.45, 7) is 7.93. The quantitative estimate of drug-likeness (QED) is 0.761. The Balaban J connectivity index is 2.15. The van der Waals surface area contributed by atoms with Crippen LogP contribution in [0.5, 0.6) is 0 Å². The van der Waals surface area contributed by atoms with E-state index in [9.17, 15) is 13.2 Å². The summed E-state index contributed by atoms with van der Waals surface area (Å²) < 4.78 is 28.1. The van der Waals surface area contributed by atoms with Crippen molar-refractivity contribution in [3.63, 3.8) is 0 Å². The van der Waals surface area contributed by atoms with E-state index in [0.717, 1.165) is 24.8 Å². The number of nitrogens with one attached hydrogen (secondary N) is 2. The highest BCUT2D eigenvalue weighted by Gasteiger charge is 2.32. The van der Waals surface area contributed by atoms with Crippen LogP contribution < -0.4 is 10.0 Å². The van der Waals surface area contributed by atoms with E-state index >= 15 is 0 Å². The first-order valence-electron chi connectivity index (χ1n) is 9.64. The van der Waals surface area contributed by atoms with Gasteiger partial charge in [-0.25, -0.2) is 8.42 Å². The molecule has 0 unspecified atom stereocenters. The van der Waals surface area contributed by atoms with Crippen molar-refractivity contribution in [2.45, 2.75) is 76.8 Å². The van der Waals surface area contributed by atoms with Crippen LogP contribution in [0.3, 0.4) is 0 Å². The molecule has 0 aliphatic heterocycles. The third-order valence-electron chi connectivity index (χ3n) is 5.55. The van der Waals surface area contributed by atoms with Crippen LogP contribution in [0.4, 0.5) is 0 Å². The molecule has 26 heavy (non-hydrogen) atoms. The van der Waals surface area contributed by atoms with Crippen LogP contribution in [0.1, 0.15) is 58.4 Å². The smallest absolute Gasteiger partial charge is 0.241 e. The summed E-state index contributed by atoms with van der Waals surface area (Å²) in [6, 6.07) is 6.04. The highest BCUT2D eigenvalue weighted by Crippen LogP contribution is 2.24. The van der Waals surface area contributed by atoms with Crippen LogP contribution in [0.15, 0.2) is 29.2 Å². The standard InChI is InChI=1S/C20H32N2O3S/c1-5-15(3)19(20(23)21-18-9-7-6-8-16(18)4)22-26(24,25)17-12-10-14(2)11-13-17/h10-13,15-16,18-19,22H,5-9H2,1-4H3,(H,21,23)/t15-,16+,18-,19-/m0/s1. The Bertz CT molecular complexity index is 700. The average Bonchev–Trinajstić information content (AvgIpc) is 2.61. The maximum Gasteiger partial charge on any atom is 0.241 e. The molecule has 1 aromatic rings. The number of carbonyl (C=O) groups excluding carboxylic acids is 1. The fourth-order valence-corrected chi connectivity index (χ4v) is 4.72. The second kappa shape index (κ2) is 9.00. The Morgan fingerprint density at radius 1 is 1.19 bits per heavy atom. The van der Waals surface area contributed by atoms with Crippen LogP contribution in [0.25, 0.3) is 0 Å². The van der Waals surface area contributed by atoms with E-state index in [1.807, 2.05) is 20.8 Å². The van der Waals surface area contributed by atoms with Gasteiger partial charge >= 0.3 is 0 Å². The molecule has 0 spiro atoms. The van der Waals surface area contributed by atoms with Crippen LogP contribution in [-0.2, 0) is 14.8 Å². The van der Waals surface area contributed by atoms with E-state index in [2.05, 4.69) is 17.0 Å². The molecule has 0 aromatic heterocycles. The first-order chi connectivity index (χ1) is 12.2. The summed E-state index contributed by atoms with van der Waals surface area (Å²) in [7, 11) is -3.74. The van der Waals surface area contributed by atoms with Gasteiger partial charge in [0.25, 0.3) is 0 Å². The lowest BCUT2D eigenvalue weighted by molar-refractivity contribution is -0.125. The topological polar surface area (TPSA) is 75.3 Å². The van der Waals surface area contributed by atoms with E-state index < -0.39 is 16.1 Å². The van der Waals surface area contributed by atoms with Crippen LogP contribution in [-0.4, -0.2) is 26.4 Å². The molecule has 0 bridgehead atoms. The third-order valence-corrected chi connectivity index (χ3v) is 7.00. The van der Waals surface area contributed by atoms with Crippen molar-refractivity contribution in [2.75, 3.05) is 0 Å². The zero-order chi connectivity index (χ0) is 19.3. The molecular weight excluding hydrogens is 348 g/mol. The molecular formula is C20H32N2O3S. The summed E-state index contributed by atoms with van der Waals surface area (Å²) in [5, 5.41) is 3.10. The van der Waals surface area contributed by atoms with Crippen molar-refractivity contribution >= 4 is 15.9 Å². The predicted octanol–water partition coefficient (Wildman–Crippen LogP) is 3.38. The molecule has 4 atom stereocenters. The molecule has 5 nitrogen and oxygen atoms in total. The predicted molar refractivity (Wildman–Crippen MR) is 104 cm³/mol. The highest BCUT2D eigenvalue weighted by molar-refractivity contribution is 7.89. The van der Waals surface area contributed by atoms with E-state index in [0.29, 0.717) is 12.3 Å². The lowest BCUT2D eigenvalue weighted by Gasteiger charge is -2.32. The molecule has 1 aliphatic rings. The van der Waals surface area contributed by atoms with Gasteiger partial charge in [-0.05, 0) is 43.7 Å². The van der Waals surface area contributed by atoms with Gasteiger partial charge in [-0.1, -0.05) is 57.7 Å². The molecule has 1 aliphatic carbocycles. The van der Waals surface area contributed by atoms with Crippen molar-refractivity contribution < 1.29 is 13.2 Å².